The number of rotatable bonds is 1. The van der Waals surface area contributed by atoms with Gasteiger partial charge in [0.05, 0.1) is 28.8 Å². The van der Waals surface area contributed by atoms with Crippen molar-refractivity contribution in [2.75, 3.05) is 10.6 Å². The smallest absolute Gasteiger partial charge is 0.160 e. The predicted molar refractivity (Wildman–Crippen MR) is 149 cm³/mol. The molecular weight excluding hydrogens is 442 g/mol. The lowest BCUT2D eigenvalue weighted by molar-refractivity contribution is 0.671. The summed E-state index contributed by atoms with van der Waals surface area (Å²) >= 11 is 0. The van der Waals surface area contributed by atoms with Gasteiger partial charge in [-0.05, 0) is 29.3 Å². The zero-order chi connectivity index (χ0) is 23.4. The normalized spacial score (nSPS) is 18.8. The Labute approximate surface area is 206 Å². The van der Waals surface area contributed by atoms with Crippen molar-refractivity contribution in [2.45, 2.75) is 12.1 Å². The largest absolute Gasteiger partial charge is 0.454 e. The van der Waals surface area contributed by atoms with Gasteiger partial charge < -0.3 is 15.1 Å². The molecule has 36 heavy (non-hydrogen) atoms. The number of anilines is 2. The third-order valence-corrected chi connectivity index (χ3v) is 7.97. The van der Waals surface area contributed by atoms with Crippen molar-refractivity contribution in [1.82, 2.24) is 4.40 Å². The molecule has 9 rings (SSSR count). The van der Waals surface area contributed by atoms with E-state index in [1.54, 1.807) is 0 Å². The lowest BCUT2D eigenvalue weighted by atomic mass is 9.99. The number of hydrogen-bond donors (Lipinski definition) is 2. The molecule has 7 aromatic rings. The van der Waals surface area contributed by atoms with E-state index in [0.717, 1.165) is 44.5 Å². The van der Waals surface area contributed by atoms with Gasteiger partial charge >= 0.3 is 0 Å². The molecule has 0 fully saturated rings. The molecule has 0 saturated heterocycles. The van der Waals surface area contributed by atoms with Crippen molar-refractivity contribution in [1.29, 1.82) is 0 Å². The standard InChI is InChI=1S/C32H21N3O/c1-2-7-18(8-3-1)19-13-14-20-23-16-15-22-21-9-6-10-24-28-32(34-26-12-5-4-11-25(26)33-28)35(29(21)24)30(22)31(23)36-27(20)17-19/h1-17,25-26,33-34H. The van der Waals surface area contributed by atoms with E-state index in [1.807, 2.05) is 6.07 Å². The Morgan fingerprint density at radius 1 is 0.611 bits per heavy atom. The second kappa shape index (κ2) is 6.49. The fourth-order valence-corrected chi connectivity index (χ4v) is 6.34. The number of nitrogens with zero attached hydrogens (tertiary/aromatic N) is 1. The van der Waals surface area contributed by atoms with Gasteiger partial charge in [-0.3, -0.25) is 4.40 Å². The van der Waals surface area contributed by atoms with Crippen LogP contribution in [0.2, 0.25) is 0 Å². The zero-order valence-corrected chi connectivity index (χ0v) is 19.3. The average Bonchev–Trinajstić information content (AvgIpc) is 3.58. The monoisotopic (exact) mass is 463 g/mol. The van der Waals surface area contributed by atoms with Crippen LogP contribution in [0.1, 0.15) is 0 Å². The van der Waals surface area contributed by atoms with Gasteiger partial charge in [-0.1, -0.05) is 85.0 Å². The van der Waals surface area contributed by atoms with Gasteiger partial charge in [0.2, 0.25) is 0 Å². The lowest BCUT2D eigenvalue weighted by Gasteiger charge is -2.33. The Morgan fingerprint density at radius 2 is 1.36 bits per heavy atom. The molecule has 4 nitrogen and oxygen atoms in total. The molecule has 2 unspecified atom stereocenters. The van der Waals surface area contributed by atoms with E-state index in [0.29, 0.717) is 0 Å². The minimum atomic E-state index is 0.207. The summed E-state index contributed by atoms with van der Waals surface area (Å²) in [7, 11) is 0. The molecule has 0 spiro atoms. The van der Waals surface area contributed by atoms with E-state index in [-0.39, 0.29) is 12.1 Å². The van der Waals surface area contributed by atoms with Gasteiger partial charge in [0, 0.05) is 26.9 Å². The number of aromatic nitrogens is 1. The van der Waals surface area contributed by atoms with Crippen molar-refractivity contribution in [3.05, 3.63) is 103 Å². The van der Waals surface area contributed by atoms with Crippen LogP contribution in [0.3, 0.4) is 0 Å². The summed E-state index contributed by atoms with van der Waals surface area (Å²) < 4.78 is 9.08. The molecule has 4 aromatic carbocycles. The Balaban J connectivity index is 1.39. The highest BCUT2D eigenvalue weighted by Crippen LogP contribution is 2.48. The molecule has 4 heteroatoms. The van der Waals surface area contributed by atoms with Crippen LogP contribution < -0.4 is 10.6 Å². The van der Waals surface area contributed by atoms with Crippen molar-refractivity contribution in [2.24, 2.45) is 0 Å². The SMILES string of the molecule is C1=CC2Nc3c(n4c5c3cccc5c3ccc5c6ccc(-c7ccccc7)cc6oc5c34)NC2C=C1. The van der Waals surface area contributed by atoms with Gasteiger partial charge in [0.15, 0.2) is 5.58 Å². The summed E-state index contributed by atoms with van der Waals surface area (Å²) in [5.74, 6) is 1.11. The molecule has 3 aromatic heterocycles. The lowest BCUT2D eigenvalue weighted by Crippen LogP contribution is -2.41. The number of furan rings is 1. The second-order valence-electron chi connectivity index (χ2n) is 9.89. The van der Waals surface area contributed by atoms with E-state index in [4.69, 9.17) is 4.42 Å². The molecule has 1 aliphatic heterocycles. The fraction of sp³-hybridized carbons (Fsp3) is 0.0625. The molecule has 2 aliphatic rings. The van der Waals surface area contributed by atoms with Crippen LogP contribution in [0.25, 0.3) is 60.3 Å². The molecule has 4 heterocycles. The maximum Gasteiger partial charge on any atom is 0.160 e. The molecule has 2 N–H and O–H groups in total. The summed E-state index contributed by atoms with van der Waals surface area (Å²) in [6, 6.07) is 28.6. The maximum atomic E-state index is 6.69. The van der Waals surface area contributed by atoms with Crippen LogP contribution in [0.5, 0.6) is 0 Å². The number of benzene rings is 4. The highest BCUT2D eigenvalue weighted by atomic mass is 16.3. The van der Waals surface area contributed by atoms with Gasteiger partial charge in [-0.15, -0.1) is 0 Å². The minimum Gasteiger partial charge on any atom is -0.454 e. The van der Waals surface area contributed by atoms with E-state index in [1.165, 1.54) is 27.2 Å². The molecule has 0 amide bonds. The van der Waals surface area contributed by atoms with Crippen LogP contribution in [-0.2, 0) is 0 Å². The number of hydrogen-bond acceptors (Lipinski definition) is 3. The summed E-state index contributed by atoms with van der Waals surface area (Å²) in [5.41, 5.74) is 7.74. The maximum absolute atomic E-state index is 6.69. The summed E-state index contributed by atoms with van der Waals surface area (Å²) in [6.07, 6.45) is 8.70. The summed E-state index contributed by atoms with van der Waals surface area (Å²) in [5, 5.41) is 13.6. The number of allylic oxidation sites excluding steroid dienone is 2. The van der Waals surface area contributed by atoms with Crippen LogP contribution in [0.4, 0.5) is 11.5 Å². The van der Waals surface area contributed by atoms with E-state index >= 15 is 0 Å². The van der Waals surface area contributed by atoms with Gasteiger partial charge in [-0.2, -0.15) is 0 Å². The molecule has 1 aliphatic carbocycles. The topological polar surface area (TPSA) is 41.6 Å². The van der Waals surface area contributed by atoms with Crippen LogP contribution in [0, 0.1) is 0 Å². The third-order valence-electron chi connectivity index (χ3n) is 7.97. The van der Waals surface area contributed by atoms with Crippen molar-refractivity contribution < 1.29 is 4.42 Å². The number of nitrogens with one attached hydrogen (secondary N) is 2. The predicted octanol–water partition coefficient (Wildman–Crippen LogP) is 7.95. The first kappa shape index (κ1) is 18.6. The first-order chi connectivity index (χ1) is 17.8. The van der Waals surface area contributed by atoms with Crippen LogP contribution >= 0.6 is 0 Å². The Kier molecular flexibility index (Phi) is 3.36. The summed E-state index contributed by atoms with van der Waals surface area (Å²) in [6.45, 7) is 0. The molecule has 0 bridgehead atoms. The van der Waals surface area contributed by atoms with Gasteiger partial charge in [0.1, 0.15) is 11.4 Å². The average molecular weight is 464 g/mol. The first-order valence-corrected chi connectivity index (χ1v) is 12.5. The third kappa shape index (κ3) is 2.24. The number of para-hydroxylation sites is 1. The molecular formula is C32H21N3O. The van der Waals surface area contributed by atoms with Crippen LogP contribution in [0.15, 0.2) is 108 Å². The fourth-order valence-electron chi connectivity index (χ4n) is 6.34. The van der Waals surface area contributed by atoms with Crippen molar-refractivity contribution in [3.63, 3.8) is 0 Å². The molecule has 2 atom stereocenters. The van der Waals surface area contributed by atoms with Gasteiger partial charge in [-0.25, -0.2) is 0 Å². The van der Waals surface area contributed by atoms with Crippen molar-refractivity contribution in [3.8, 4) is 11.1 Å². The molecule has 0 radical (unpaired) electrons. The number of fused-ring (bicyclic) bond motifs is 11. The minimum absolute atomic E-state index is 0.207. The quantitative estimate of drug-likeness (QED) is 0.260. The Morgan fingerprint density at radius 3 is 2.25 bits per heavy atom. The molecule has 0 saturated carbocycles. The Hall–Kier alpha value is -4.70. The van der Waals surface area contributed by atoms with Crippen molar-refractivity contribution >= 4 is 60.6 Å². The highest BCUT2D eigenvalue weighted by molar-refractivity contribution is 6.26. The van der Waals surface area contributed by atoms with E-state index in [2.05, 4.69) is 112 Å². The highest BCUT2D eigenvalue weighted by Gasteiger charge is 2.32. The Bertz CT molecular complexity index is 2060. The second-order valence-corrected chi connectivity index (χ2v) is 9.89. The van der Waals surface area contributed by atoms with E-state index < -0.39 is 0 Å². The molecule has 170 valence electrons. The van der Waals surface area contributed by atoms with E-state index in [9.17, 15) is 0 Å². The van der Waals surface area contributed by atoms with Crippen LogP contribution in [-0.4, -0.2) is 16.5 Å². The summed E-state index contributed by atoms with van der Waals surface area (Å²) in [4.78, 5) is 0. The van der Waals surface area contributed by atoms with Gasteiger partial charge in [0.25, 0.3) is 0 Å². The first-order valence-electron chi connectivity index (χ1n) is 12.5. The zero-order valence-electron chi connectivity index (χ0n) is 19.3.